The van der Waals surface area contributed by atoms with Gasteiger partial charge in [-0.2, -0.15) is 0 Å². The van der Waals surface area contributed by atoms with Gasteiger partial charge in [0.15, 0.2) is 0 Å². The van der Waals surface area contributed by atoms with E-state index in [9.17, 15) is 0 Å². The Morgan fingerprint density at radius 3 is 2.14 bits per heavy atom. The highest BCUT2D eigenvalue weighted by Gasteiger charge is 2.03. The van der Waals surface area contributed by atoms with E-state index in [1.165, 1.54) is 20.9 Å². The lowest BCUT2D eigenvalue weighted by atomic mass is 10.0. The molecule has 0 aliphatic rings. The molecule has 0 atom stereocenters. The third kappa shape index (κ3) is 6.43. The monoisotopic (exact) mass is 403 g/mol. The van der Waals surface area contributed by atoms with Crippen LogP contribution in [0, 0.1) is 6.92 Å². The lowest BCUT2D eigenvalue weighted by Gasteiger charge is -2.07. The Hall–Kier alpha value is -2.23. The minimum absolute atomic E-state index is 0.543. The first-order valence-electron chi connectivity index (χ1n) is 9.41. The van der Waals surface area contributed by atoms with Gasteiger partial charge in [0, 0.05) is 9.79 Å². The smallest absolute Gasteiger partial charge is 0.102 e. The van der Waals surface area contributed by atoms with Crippen LogP contribution >= 0.6 is 23.5 Å². The molecule has 0 fully saturated rings. The normalized spacial score (nSPS) is 12.1. The highest BCUT2D eigenvalue weighted by Crippen LogP contribution is 2.27. The molecule has 0 spiro atoms. The van der Waals surface area contributed by atoms with Gasteiger partial charge in [0.1, 0.15) is 5.04 Å². The standard InChI is InChI=1S/C25H25NS2/c1-19(2)21-11-15-24(16-12-21)28-25(26-22-13-9-20(3)10-14-22)17-18-27-23-7-5-4-6-8-23/h4-19H,1-3H3. The van der Waals surface area contributed by atoms with Crippen molar-refractivity contribution in [1.29, 1.82) is 0 Å². The molecule has 3 aromatic carbocycles. The lowest BCUT2D eigenvalue weighted by molar-refractivity contribution is 0.865. The quantitative estimate of drug-likeness (QED) is 0.233. The van der Waals surface area contributed by atoms with E-state index in [1.807, 2.05) is 6.07 Å². The minimum Gasteiger partial charge on any atom is -0.242 e. The molecule has 0 saturated carbocycles. The Bertz CT molecular complexity index is 925. The Balaban J connectivity index is 1.80. The first-order chi connectivity index (χ1) is 13.6. The summed E-state index contributed by atoms with van der Waals surface area (Å²) in [6.45, 7) is 6.53. The Morgan fingerprint density at radius 1 is 0.821 bits per heavy atom. The Labute approximate surface area is 177 Å². The van der Waals surface area contributed by atoms with Crippen molar-refractivity contribution in [1.82, 2.24) is 0 Å². The summed E-state index contributed by atoms with van der Waals surface area (Å²) in [6.07, 6.45) is 2.10. The van der Waals surface area contributed by atoms with E-state index in [0.717, 1.165) is 10.7 Å². The van der Waals surface area contributed by atoms with E-state index < -0.39 is 0 Å². The van der Waals surface area contributed by atoms with Crippen molar-refractivity contribution in [2.45, 2.75) is 36.5 Å². The zero-order valence-corrected chi connectivity index (χ0v) is 18.1. The molecular formula is C25H25NS2. The van der Waals surface area contributed by atoms with Gasteiger partial charge in [0.25, 0.3) is 0 Å². The van der Waals surface area contributed by atoms with E-state index in [1.54, 1.807) is 23.5 Å². The van der Waals surface area contributed by atoms with Crippen molar-refractivity contribution < 1.29 is 0 Å². The predicted molar refractivity (Wildman–Crippen MR) is 126 cm³/mol. The summed E-state index contributed by atoms with van der Waals surface area (Å²) in [5, 5.41) is 3.09. The van der Waals surface area contributed by atoms with Crippen LogP contribution < -0.4 is 0 Å². The highest BCUT2D eigenvalue weighted by molar-refractivity contribution is 8.14. The van der Waals surface area contributed by atoms with Crippen molar-refractivity contribution >= 4 is 34.3 Å². The third-order valence-electron chi connectivity index (χ3n) is 4.20. The van der Waals surface area contributed by atoms with Gasteiger partial charge in [0.05, 0.1) is 5.69 Å². The summed E-state index contributed by atoms with van der Waals surface area (Å²) in [6, 6.07) is 27.5. The average Bonchev–Trinajstić information content (AvgIpc) is 2.71. The summed E-state index contributed by atoms with van der Waals surface area (Å²) < 4.78 is 0. The molecule has 0 aromatic heterocycles. The van der Waals surface area contributed by atoms with Crippen LogP contribution in [0.3, 0.4) is 0 Å². The molecule has 0 radical (unpaired) electrons. The number of rotatable bonds is 6. The number of aryl methyl sites for hydroxylation is 1. The van der Waals surface area contributed by atoms with Crippen LogP contribution in [0.4, 0.5) is 5.69 Å². The molecule has 0 N–H and O–H groups in total. The molecule has 28 heavy (non-hydrogen) atoms. The molecule has 0 aliphatic heterocycles. The van der Waals surface area contributed by atoms with Crippen LogP contribution in [0.1, 0.15) is 30.9 Å². The molecule has 1 nitrogen and oxygen atoms in total. The van der Waals surface area contributed by atoms with E-state index in [0.29, 0.717) is 5.92 Å². The zero-order valence-electron chi connectivity index (χ0n) is 16.5. The number of nitrogens with zero attached hydrogens (tertiary/aromatic N) is 1. The fourth-order valence-electron chi connectivity index (χ4n) is 2.55. The Kier molecular flexibility index (Phi) is 7.58. The molecule has 0 saturated heterocycles. The van der Waals surface area contributed by atoms with Gasteiger partial charge in [-0.05, 0) is 66.3 Å². The molecule has 0 amide bonds. The second-order valence-corrected chi connectivity index (χ2v) is 8.92. The van der Waals surface area contributed by atoms with Crippen LogP contribution in [0.15, 0.2) is 105 Å². The SMILES string of the molecule is Cc1ccc(N=C(C=CSc2ccccc2)Sc2ccc(C(C)C)cc2)cc1. The number of benzene rings is 3. The average molecular weight is 404 g/mol. The van der Waals surface area contributed by atoms with Gasteiger partial charge in [-0.3, -0.25) is 0 Å². The lowest BCUT2D eigenvalue weighted by Crippen LogP contribution is -1.89. The summed E-state index contributed by atoms with van der Waals surface area (Å²) in [7, 11) is 0. The molecule has 0 aliphatic carbocycles. The highest BCUT2D eigenvalue weighted by atomic mass is 32.2. The number of hydrogen-bond acceptors (Lipinski definition) is 3. The maximum atomic E-state index is 4.86. The molecule has 0 heterocycles. The second kappa shape index (κ2) is 10.4. The first kappa shape index (κ1) is 20.5. The largest absolute Gasteiger partial charge is 0.242 e. The van der Waals surface area contributed by atoms with Crippen molar-refractivity contribution in [3.63, 3.8) is 0 Å². The molecule has 0 unspecified atom stereocenters. The molecule has 3 rings (SSSR count). The molecule has 0 bridgehead atoms. The van der Waals surface area contributed by atoms with E-state index >= 15 is 0 Å². The van der Waals surface area contributed by atoms with Gasteiger partial charge >= 0.3 is 0 Å². The number of hydrogen-bond donors (Lipinski definition) is 0. The zero-order chi connectivity index (χ0) is 19.8. The van der Waals surface area contributed by atoms with Crippen LogP contribution in [0.5, 0.6) is 0 Å². The molecule has 3 aromatic rings. The molecule has 3 heteroatoms. The first-order valence-corrected chi connectivity index (χ1v) is 11.1. The summed E-state index contributed by atoms with van der Waals surface area (Å²) in [4.78, 5) is 7.28. The van der Waals surface area contributed by atoms with Crippen LogP contribution in [-0.2, 0) is 0 Å². The van der Waals surface area contributed by atoms with Crippen molar-refractivity contribution in [2.75, 3.05) is 0 Å². The summed E-state index contributed by atoms with van der Waals surface area (Å²) in [5.74, 6) is 0.543. The number of aliphatic imine (C=N–C) groups is 1. The fraction of sp³-hybridized carbons (Fsp3) is 0.160. The molecule has 142 valence electrons. The molecular weight excluding hydrogens is 378 g/mol. The minimum atomic E-state index is 0.543. The van der Waals surface area contributed by atoms with Crippen LogP contribution in [-0.4, -0.2) is 5.04 Å². The maximum Gasteiger partial charge on any atom is 0.102 e. The van der Waals surface area contributed by atoms with E-state index in [4.69, 9.17) is 4.99 Å². The van der Waals surface area contributed by atoms with E-state index in [-0.39, 0.29) is 0 Å². The summed E-state index contributed by atoms with van der Waals surface area (Å²) in [5.41, 5.74) is 3.57. The topological polar surface area (TPSA) is 12.4 Å². The Morgan fingerprint density at radius 2 is 1.50 bits per heavy atom. The fourth-order valence-corrected chi connectivity index (χ4v) is 4.11. The summed E-state index contributed by atoms with van der Waals surface area (Å²) >= 11 is 3.40. The van der Waals surface area contributed by atoms with Gasteiger partial charge in [0.2, 0.25) is 0 Å². The van der Waals surface area contributed by atoms with Gasteiger partial charge in [-0.15, -0.1) is 0 Å². The third-order valence-corrected chi connectivity index (χ3v) is 5.96. The van der Waals surface area contributed by atoms with Crippen molar-refractivity contribution in [2.24, 2.45) is 4.99 Å². The maximum absolute atomic E-state index is 4.86. The van der Waals surface area contributed by atoms with Crippen LogP contribution in [0.2, 0.25) is 0 Å². The number of thioether (sulfide) groups is 2. The van der Waals surface area contributed by atoms with Crippen molar-refractivity contribution in [3.8, 4) is 0 Å². The van der Waals surface area contributed by atoms with Crippen molar-refractivity contribution in [3.05, 3.63) is 101 Å². The second-order valence-electron chi connectivity index (χ2n) is 6.85. The van der Waals surface area contributed by atoms with Gasteiger partial charge in [-0.25, -0.2) is 4.99 Å². The van der Waals surface area contributed by atoms with E-state index in [2.05, 4.69) is 105 Å². The van der Waals surface area contributed by atoms with Gasteiger partial charge in [-0.1, -0.05) is 85.4 Å². The van der Waals surface area contributed by atoms with Gasteiger partial charge < -0.3 is 0 Å². The van der Waals surface area contributed by atoms with Crippen LogP contribution in [0.25, 0.3) is 0 Å². The predicted octanol–water partition coefficient (Wildman–Crippen LogP) is 8.25.